The van der Waals surface area contributed by atoms with Crippen molar-refractivity contribution >= 4 is 11.7 Å². The molecule has 0 aliphatic carbocycles. The Labute approximate surface area is 122 Å². The molecule has 20 heavy (non-hydrogen) atoms. The first-order chi connectivity index (χ1) is 9.37. The van der Waals surface area contributed by atoms with Crippen LogP contribution in [0.25, 0.3) is 0 Å². The SMILES string of the molecule is C=C(NC(C)CC)/C(=C\N=C(\NC)C(C)CC)C(N)=O. The highest BCUT2D eigenvalue weighted by Crippen LogP contribution is 2.08. The Morgan fingerprint density at radius 3 is 2.35 bits per heavy atom. The second kappa shape index (κ2) is 9.18. The number of carbonyl (C=O) groups is 1. The Bertz CT molecular complexity index is 399. The van der Waals surface area contributed by atoms with E-state index in [1.165, 1.54) is 6.20 Å². The third-order valence-corrected chi connectivity index (χ3v) is 3.29. The maximum atomic E-state index is 11.5. The fraction of sp³-hybridized carbons (Fsp3) is 0.600. The average molecular weight is 280 g/mol. The van der Waals surface area contributed by atoms with Crippen LogP contribution in [0.2, 0.25) is 0 Å². The van der Waals surface area contributed by atoms with Gasteiger partial charge in [0.15, 0.2) is 0 Å². The van der Waals surface area contributed by atoms with Crippen molar-refractivity contribution in [3.05, 3.63) is 24.0 Å². The van der Waals surface area contributed by atoms with Gasteiger partial charge in [-0.1, -0.05) is 27.4 Å². The molecule has 0 aliphatic heterocycles. The first-order valence-electron chi connectivity index (χ1n) is 7.08. The highest BCUT2D eigenvalue weighted by atomic mass is 16.1. The third kappa shape index (κ3) is 5.91. The number of nitrogens with one attached hydrogen (secondary N) is 2. The summed E-state index contributed by atoms with van der Waals surface area (Å²) in [6.45, 7) is 12.1. The van der Waals surface area contributed by atoms with E-state index in [0.717, 1.165) is 18.7 Å². The number of nitrogens with two attached hydrogens (primary N) is 1. The lowest BCUT2D eigenvalue weighted by atomic mass is 10.1. The molecule has 0 radical (unpaired) electrons. The summed E-state index contributed by atoms with van der Waals surface area (Å²) in [5, 5.41) is 6.18. The molecular weight excluding hydrogens is 252 g/mol. The van der Waals surface area contributed by atoms with Gasteiger partial charge >= 0.3 is 0 Å². The molecule has 0 bridgehead atoms. The fourth-order valence-electron chi connectivity index (χ4n) is 1.53. The molecule has 0 rings (SSSR count). The van der Waals surface area contributed by atoms with Gasteiger partial charge in [0.25, 0.3) is 5.91 Å². The molecule has 0 saturated carbocycles. The van der Waals surface area contributed by atoms with Crippen molar-refractivity contribution in [3.63, 3.8) is 0 Å². The number of hydrogen-bond acceptors (Lipinski definition) is 3. The van der Waals surface area contributed by atoms with E-state index in [1.54, 1.807) is 0 Å². The smallest absolute Gasteiger partial charge is 0.252 e. The normalized spacial score (nSPS) is 15.4. The summed E-state index contributed by atoms with van der Waals surface area (Å²) in [5.41, 5.74) is 6.21. The summed E-state index contributed by atoms with van der Waals surface area (Å²) < 4.78 is 0. The minimum Gasteiger partial charge on any atom is -0.382 e. The number of nitrogens with zero attached hydrogens (tertiary/aromatic N) is 1. The van der Waals surface area contributed by atoms with Gasteiger partial charge in [0.2, 0.25) is 0 Å². The predicted octanol–water partition coefficient (Wildman–Crippen LogP) is 1.92. The molecule has 0 aromatic rings. The molecular formula is C15H28N4O. The lowest BCUT2D eigenvalue weighted by Gasteiger charge is -2.16. The van der Waals surface area contributed by atoms with E-state index in [4.69, 9.17) is 5.73 Å². The molecule has 0 aromatic carbocycles. The molecule has 0 spiro atoms. The highest BCUT2D eigenvalue weighted by molar-refractivity contribution is 5.96. The van der Waals surface area contributed by atoms with E-state index in [9.17, 15) is 4.79 Å². The second-order valence-corrected chi connectivity index (χ2v) is 4.91. The maximum Gasteiger partial charge on any atom is 0.252 e. The fourth-order valence-corrected chi connectivity index (χ4v) is 1.53. The number of amidine groups is 1. The van der Waals surface area contributed by atoms with Crippen molar-refractivity contribution in [2.45, 2.75) is 46.6 Å². The molecule has 114 valence electrons. The Hall–Kier alpha value is -1.78. The van der Waals surface area contributed by atoms with Gasteiger partial charge in [-0.2, -0.15) is 0 Å². The van der Waals surface area contributed by atoms with E-state index in [2.05, 4.69) is 43.0 Å². The van der Waals surface area contributed by atoms with E-state index in [1.807, 2.05) is 14.0 Å². The van der Waals surface area contributed by atoms with Crippen molar-refractivity contribution < 1.29 is 4.79 Å². The summed E-state index contributed by atoms with van der Waals surface area (Å²) >= 11 is 0. The number of primary amides is 1. The van der Waals surface area contributed by atoms with Crippen molar-refractivity contribution in [3.8, 4) is 0 Å². The summed E-state index contributed by atoms with van der Waals surface area (Å²) in [7, 11) is 1.81. The Morgan fingerprint density at radius 2 is 1.95 bits per heavy atom. The lowest BCUT2D eigenvalue weighted by molar-refractivity contribution is -0.114. The highest BCUT2D eigenvalue weighted by Gasteiger charge is 2.12. The quantitative estimate of drug-likeness (QED) is 0.275. The molecule has 0 saturated heterocycles. The van der Waals surface area contributed by atoms with Crippen LogP contribution in [-0.4, -0.2) is 24.8 Å². The summed E-state index contributed by atoms with van der Waals surface area (Å²) in [4.78, 5) is 15.8. The Balaban J connectivity index is 5.17. The molecule has 0 aromatic heterocycles. The number of aliphatic imine (C=N–C) groups is 1. The molecule has 0 heterocycles. The standard InChI is InChI=1S/C15H28N4O/c1-7-10(3)15(17-6)18-9-13(14(16)20)12(5)19-11(4)8-2/h9-11,19H,5,7-8H2,1-4,6H3,(H2,16,20)(H,17,18)/b13-9+. The molecule has 4 N–H and O–H groups in total. The van der Waals surface area contributed by atoms with E-state index < -0.39 is 5.91 Å². The van der Waals surface area contributed by atoms with E-state index in [-0.39, 0.29) is 6.04 Å². The van der Waals surface area contributed by atoms with Gasteiger partial charge in [-0.25, -0.2) is 4.99 Å². The van der Waals surface area contributed by atoms with Gasteiger partial charge in [0, 0.05) is 30.9 Å². The van der Waals surface area contributed by atoms with Crippen LogP contribution in [0.4, 0.5) is 0 Å². The average Bonchev–Trinajstić information content (AvgIpc) is 2.41. The minimum absolute atomic E-state index is 0.229. The maximum absolute atomic E-state index is 11.5. The first kappa shape index (κ1) is 18.2. The van der Waals surface area contributed by atoms with Gasteiger partial charge in [0.1, 0.15) is 5.84 Å². The van der Waals surface area contributed by atoms with Crippen LogP contribution >= 0.6 is 0 Å². The zero-order valence-electron chi connectivity index (χ0n) is 13.3. The van der Waals surface area contributed by atoms with Crippen LogP contribution < -0.4 is 16.4 Å². The largest absolute Gasteiger partial charge is 0.382 e. The van der Waals surface area contributed by atoms with Crippen molar-refractivity contribution in [2.24, 2.45) is 16.6 Å². The number of hydrogen-bond donors (Lipinski definition) is 3. The van der Waals surface area contributed by atoms with Crippen molar-refractivity contribution in [1.29, 1.82) is 0 Å². The number of amides is 1. The van der Waals surface area contributed by atoms with Crippen LogP contribution in [0.5, 0.6) is 0 Å². The van der Waals surface area contributed by atoms with Crippen LogP contribution in [0.1, 0.15) is 40.5 Å². The predicted molar refractivity (Wildman–Crippen MR) is 85.3 cm³/mol. The topological polar surface area (TPSA) is 79.5 Å². The monoisotopic (exact) mass is 280 g/mol. The molecule has 1 amide bonds. The van der Waals surface area contributed by atoms with Crippen molar-refractivity contribution in [1.82, 2.24) is 10.6 Å². The van der Waals surface area contributed by atoms with Gasteiger partial charge in [0.05, 0.1) is 5.57 Å². The Morgan fingerprint density at radius 1 is 1.35 bits per heavy atom. The van der Waals surface area contributed by atoms with Crippen LogP contribution in [-0.2, 0) is 4.79 Å². The van der Waals surface area contributed by atoms with Crippen molar-refractivity contribution in [2.75, 3.05) is 7.05 Å². The molecule has 5 nitrogen and oxygen atoms in total. The van der Waals surface area contributed by atoms with E-state index in [0.29, 0.717) is 17.2 Å². The third-order valence-electron chi connectivity index (χ3n) is 3.29. The number of rotatable bonds is 8. The van der Waals surface area contributed by atoms with Crippen LogP contribution in [0.15, 0.2) is 29.0 Å². The number of carbonyl (C=O) groups excluding carboxylic acids is 1. The van der Waals surface area contributed by atoms with Crippen LogP contribution in [0.3, 0.4) is 0 Å². The zero-order valence-corrected chi connectivity index (χ0v) is 13.3. The molecule has 2 unspecified atom stereocenters. The van der Waals surface area contributed by atoms with Gasteiger partial charge in [-0.05, 0) is 19.8 Å². The van der Waals surface area contributed by atoms with Crippen LogP contribution in [0, 0.1) is 5.92 Å². The molecule has 0 fully saturated rings. The van der Waals surface area contributed by atoms with Gasteiger partial charge in [-0.15, -0.1) is 0 Å². The molecule has 5 heteroatoms. The summed E-state index contributed by atoms with van der Waals surface area (Å²) in [6, 6.07) is 0.229. The lowest BCUT2D eigenvalue weighted by Crippen LogP contribution is -2.29. The second-order valence-electron chi connectivity index (χ2n) is 4.91. The van der Waals surface area contributed by atoms with Gasteiger partial charge in [-0.3, -0.25) is 4.79 Å². The van der Waals surface area contributed by atoms with Gasteiger partial charge < -0.3 is 16.4 Å². The zero-order chi connectivity index (χ0) is 15.7. The van der Waals surface area contributed by atoms with E-state index >= 15 is 0 Å². The summed E-state index contributed by atoms with van der Waals surface area (Å²) in [5.74, 6) is 0.581. The Kier molecular flexibility index (Phi) is 8.36. The molecule has 0 aliphatic rings. The summed E-state index contributed by atoms with van der Waals surface area (Å²) in [6.07, 6.45) is 3.38. The first-order valence-corrected chi connectivity index (χ1v) is 7.08. The minimum atomic E-state index is -0.533. The molecule has 2 atom stereocenters.